The fourth-order valence-electron chi connectivity index (χ4n) is 1.83. The monoisotopic (exact) mass is 272 g/mol. The number of phenols is 1. The Bertz CT molecular complexity index is 626. The fraction of sp³-hybridized carbons (Fsp3) is 0.133. The third kappa shape index (κ3) is 3.20. The standard InChI is InChI=1S/C15H16N2O3/c1-20-14-6-5-10(7-13(14)18)9-17-12-4-2-3-11(8-12)15(16)19/h2-8,17-18H,9H2,1H3,(H2,16,19). The predicted octanol–water partition coefficient (Wildman–Crippen LogP) is 2.11. The van der Waals surface area contributed by atoms with Gasteiger partial charge in [0.15, 0.2) is 11.5 Å². The summed E-state index contributed by atoms with van der Waals surface area (Å²) in [6, 6.07) is 12.1. The second-order valence-electron chi connectivity index (χ2n) is 4.30. The lowest BCUT2D eigenvalue weighted by molar-refractivity contribution is 0.100. The molecule has 0 aliphatic rings. The molecule has 20 heavy (non-hydrogen) atoms. The van der Waals surface area contributed by atoms with Gasteiger partial charge < -0.3 is 20.9 Å². The summed E-state index contributed by atoms with van der Waals surface area (Å²) in [6.45, 7) is 0.514. The van der Waals surface area contributed by atoms with Crippen LogP contribution in [0.25, 0.3) is 0 Å². The Morgan fingerprint density at radius 1 is 1.30 bits per heavy atom. The Morgan fingerprint density at radius 2 is 2.10 bits per heavy atom. The molecule has 0 unspecified atom stereocenters. The lowest BCUT2D eigenvalue weighted by Gasteiger charge is -2.09. The first-order chi connectivity index (χ1) is 9.60. The molecule has 104 valence electrons. The zero-order valence-corrected chi connectivity index (χ0v) is 11.1. The van der Waals surface area contributed by atoms with E-state index in [1.165, 1.54) is 7.11 Å². The van der Waals surface area contributed by atoms with Crippen LogP contribution in [0.1, 0.15) is 15.9 Å². The molecule has 5 heteroatoms. The highest BCUT2D eigenvalue weighted by atomic mass is 16.5. The minimum absolute atomic E-state index is 0.0951. The molecule has 0 saturated heterocycles. The summed E-state index contributed by atoms with van der Waals surface area (Å²) in [6.07, 6.45) is 0. The van der Waals surface area contributed by atoms with Gasteiger partial charge in [-0.3, -0.25) is 4.79 Å². The van der Waals surface area contributed by atoms with Crippen molar-refractivity contribution in [1.82, 2.24) is 0 Å². The topological polar surface area (TPSA) is 84.6 Å². The number of carbonyl (C=O) groups excluding carboxylic acids is 1. The third-order valence-corrected chi connectivity index (χ3v) is 2.89. The first-order valence-electron chi connectivity index (χ1n) is 6.10. The fourth-order valence-corrected chi connectivity index (χ4v) is 1.83. The molecular weight excluding hydrogens is 256 g/mol. The van der Waals surface area contributed by atoms with E-state index in [4.69, 9.17) is 10.5 Å². The van der Waals surface area contributed by atoms with Crippen LogP contribution in [0.3, 0.4) is 0 Å². The number of primary amides is 1. The molecule has 0 aliphatic heterocycles. The van der Waals surface area contributed by atoms with Crippen LogP contribution in [0.5, 0.6) is 11.5 Å². The number of ether oxygens (including phenoxy) is 1. The zero-order valence-electron chi connectivity index (χ0n) is 11.1. The molecule has 4 N–H and O–H groups in total. The summed E-state index contributed by atoms with van der Waals surface area (Å²) < 4.78 is 4.98. The maximum atomic E-state index is 11.1. The van der Waals surface area contributed by atoms with E-state index in [0.29, 0.717) is 17.9 Å². The van der Waals surface area contributed by atoms with Gasteiger partial charge >= 0.3 is 0 Å². The van der Waals surface area contributed by atoms with Crippen molar-refractivity contribution < 1.29 is 14.6 Å². The van der Waals surface area contributed by atoms with Crippen molar-refractivity contribution in [2.45, 2.75) is 6.54 Å². The van der Waals surface area contributed by atoms with Gasteiger partial charge in [0.25, 0.3) is 0 Å². The van der Waals surface area contributed by atoms with E-state index >= 15 is 0 Å². The smallest absolute Gasteiger partial charge is 0.248 e. The number of anilines is 1. The van der Waals surface area contributed by atoms with Crippen LogP contribution in [-0.4, -0.2) is 18.1 Å². The lowest BCUT2D eigenvalue weighted by atomic mass is 10.1. The predicted molar refractivity (Wildman–Crippen MR) is 76.9 cm³/mol. The largest absolute Gasteiger partial charge is 0.504 e. The first-order valence-corrected chi connectivity index (χ1v) is 6.10. The highest BCUT2D eigenvalue weighted by Crippen LogP contribution is 2.26. The van der Waals surface area contributed by atoms with Crippen LogP contribution >= 0.6 is 0 Å². The van der Waals surface area contributed by atoms with E-state index in [9.17, 15) is 9.90 Å². The molecule has 1 amide bonds. The average Bonchev–Trinajstić information content (AvgIpc) is 2.45. The summed E-state index contributed by atoms with van der Waals surface area (Å²) in [5.74, 6) is 0.0675. The van der Waals surface area contributed by atoms with Crippen LogP contribution in [0.2, 0.25) is 0 Å². The second-order valence-corrected chi connectivity index (χ2v) is 4.30. The summed E-state index contributed by atoms with van der Waals surface area (Å²) >= 11 is 0. The number of methoxy groups -OCH3 is 1. The van der Waals surface area contributed by atoms with Crippen LogP contribution in [0.15, 0.2) is 42.5 Å². The minimum Gasteiger partial charge on any atom is -0.504 e. The van der Waals surface area contributed by atoms with Crippen LogP contribution < -0.4 is 15.8 Å². The number of amides is 1. The van der Waals surface area contributed by atoms with Gasteiger partial charge in [0.05, 0.1) is 7.11 Å². The summed E-state index contributed by atoms with van der Waals surface area (Å²) in [7, 11) is 1.50. The maximum Gasteiger partial charge on any atom is 0.248 e. The van der Waals surface area contributed by atoms with Gasteiger partial charge in [0.1, 0.15) is 0 Å². The van der Waals surface area contributed by atoms with E-state index in [-0.39, 0.29) is 5.75 Å². The van der Waals surface area contributed by atoms with E-state index < -0.39 is 5.91 Å². The van der Waals surface area contributed by atoms with E-state index in [0.717, 1.165) is 11.3 Å². The SMILES string of the molecule is COc1ccc(CNc2cccc(C(N)=O)c2)cc1O. The average molecular weight is 272 g/mol. The molecule has 0 fully saturated rings. The molecule has 0 saturated carbocycles. The van der Waals surface area contributed by atoms with Gasteiger partial charge in [0, 0.05) is 17.8 Å². The molecule has 0 atom stereocenters. The number of phenolic OH excluding ortho intramolecular Hbond substituents is 1. The van der Waals surface area contributed by atoms with Crippen molar-refractivity contribution in [2.75, 3.05) is 12.4 Å². The Hall–Kier alpha value is -2.69. The normalized spacial score (nSPS) is 10.1. The van der Waals surface area contributed by atoms with E-state index in [1.54, 1.807) is 30.3 Å². The van der Waals surface area contributed by atoms with Crippen molar-refractivity contribution in [2.24, 2.45) is 5.73 Å². The van der Waals surface area contributed by atoms with Gasteiger partial charge in [-0.25, -0.2) is 0 Å². The van der Waals surface area contributed by atoms with Crippen LogP contribution in [0.4, 0.5) is 5.69 Å². The van der Waals surface area contributed by atoms with E-state index in [1.807, 2.05) is 12.1 Å². The van der Waals surface area contributed by atoms with Crippen molar-refractivity contribution in [3.63, 3.8) is 0 Å². The van der Waals surface area contributed by atoms with Crippen LogP contribution in [0, 0.1) is 0 Å². The minimum atomic E-state index is -0.462. The molecule has 2 aromatic rings. The number of benzene rings is 2. The first kappa shape index (κ1) is 13.7. The second kappa shape index (κ2) is 5.97. The van der Waals surface area contributed by atoms with Crippen molar-refractivity contribution in [3.8, 4) is 11.5 Å². The highest BCUT2D eigenvalue weighted by Gasteiger charge is 2.04. The van der Waals surface area contributed by atoms with Gasteiger partial charge in [0.2, 0.25) is 5.91 Å². The number of rotatable bonds is 5. The van der Waals surface area contributed by atoms with Crippen molar-refractivity contribution >= 4 is 11.6 Å². The van der Waals surface area contributed by atoms with Gasteiger partial charge in [-0.15, -0.1) is 0 Å². The molecule has 5 nitrogen and oxygen atoms in total. The van der Waals surface area contributed by atoms with Crippen molar-refractivity contribution in [3.05, 3.63) is 53.6 Å². The molecule has 2 aromatic carbocycles. The van der Waals surface area contributed by atoms with E-state index in [2.05, 4.69) is 5.32 Å². The molecule has 2 rings (SSSR count). The van der Waals surface area contributed by atoms with Gasteiger partial charge in [-0.1, -0.05) is 12.1 Å². The van der Waals surface area contributed by atoms with Gasteiger partial charge in [-0.2, -0.15) is 0 Å². The summed E-state index contributed by atoms with van der Waals surface area (Å²) in [4.78, 5) is 11.1. The molecule has 0 aromatic heterocycles. The number of hydrogen-bond acceptors (Lipinski definition) is 4. The van der Waals surface area contributed by atoms with Gasteiger partial charge in [-0.05, 0) is 35.9 Å². The summed E-state index contributed by atoms with van der Waals surface area (Å²) in [5, 5.41) is 12.9. The molecule has 0 spiro atoms. The quantitative estimate of drug-likeness (QED) is 0.778. The molecule has 0 bridgehead atoms. The molecule has 0 aliphatic carbocycles. The zero-order chi connectivity index (χ0) is 14.5. The highest BCUT2D eigenvalue weighted by molar-refractivity contribution is 5.93. The number of nitrogens with one attached hydrogen (secondary N) is 1. The number of nitrogens with two attached hydrogens (primary N) is 1. The molecule has 0 radical (unpaired) electrons. The number of carbonyl (C=O) groups is 1. The Labute approximate surface area is 117 Å². The number of hydrogen-bond donors (Lipinski definition) is 3. The third-order valence-electron chi connectivity index (χ3n) is 2.89. The van der Waals surface area contributed by atoms with Crippen LogP contribution in [-0.2, 0) is 6.54 Å². The Balaban J connectivity index is 2.07. The molecular formula is C15H16N2O3. The molecule has 0 heterocycles. The van der Waals surface area contributed by atoms with Crippen molar-refractivity contribution in [1.29, 1.82) is 0 Å². The number of aromatic hydroxyl groups is 1. The Morgan fingerprint density at radius 3 is 2.75 bits per heavy atom. The lowest BCUT2D eigenvalue weighted by Crippen LogP contribution is -2.11. The summed E-state index contributed by atoms with van der Waals surface area (Å²) in [5.41, 5.74) is 7.36. The Kier molecular flexibility index (Phi) is 4.10. The maximum absolute atomic E-state index is 11.1.